The van der Waals surface area contributed by atoms with Gasteiger partial charge in [-0.05, 0) is 55.7 Å². The van der Waals surface area contributed by atoms with Crippen LogP contribution in [0.5, 0.6) is 0 Å². The number of hydrogen-bond acceptors (Lipinski definition) is 5. The van der Waals surface area contributed by atoms with Gasteiger partial charge in [-0.3, -0.25) is 0 Å². The summed E-state index contributed by atoms with van der Waals surface area (Å²) in [7, 11) is 0. The Morgan fingerprint density at radius 2 is 1.70 bits per heavy atom. The number of pyridine rings is 2. The maximum atomic E-state index is 6.45. The lowest BCUT2D eigenvalue weighted by Gasteiger charge is -2.32. The maximum absolute atomic E-state index is 6.45. The van der Waals surface area contributed by atoms with Crippen molar-refractivity contribution in [2.75, 3.05) is 22.7 Å². The van der Waals surface area contributed by atoms with Crippen LogP contribution in [0.1, 0.15) is 17.5 Å². The number of hydrogen-bond donors (Lipinski definition) is 1. The number of halogens is 1. The first-order valence-corrected chi connectivity index (χ1v) is 10.2. The Morgan fingerprint density at radius 1 is 0.963 bits per heavy atom. The number of aryl methyl sites for hydroxylation is 2. The molecule has 3 aromatic rings. The zero-order valence-electron chi connectivity index (χ0n) is 15.4. The van der Waals surface area contributed by atoms with Crippen LogP contribution in [0.25, 0.3) is 11.3 Å². The van der Waals surface area contributed by atoms with Crippen LogP contribution >= 0.6 is 23.5 Å². The van der Waals surface area contributed by atoms with E-state index in [1.807, 2.05) is 24.3 Å². The summed E-state index contributed by atoms with van der Waals surface area (Å²) in [6, 6.07) is 16.1. The lowest BCUT2D eigenvalue weighted by Crippen LogP contribution is -2.37. The predicted molar refractivity (Wildman–Crippen MR) is 115 cm³/mol. The highest BCUT2D eigenvalue weighted by Crippen LogP contribution is 2.33. The number of rotatable bonds is 5. The molecule has 1 saturated heterocycles. The first-order valence-electron chi connectivity index (χ1n) is 9.00. The fraction of sp³-hybridized carbons (Fsp3) is 0.238. The molecule has 138 valence electrons. The highest BCUT2D eigenvalue weighted by atomic mass is 35.5. The maximum Gasteiger partial charge on any atom is 0.136 e. The molecule has 1 aliphatic heterocycles. The van der Waals surface area contributed by atoms with Gasteiger partial charge in [0.15, 0.2) is 0 Å². The van der Waals surface area contributed by atoms with Crippen LogP contribution in [-0.2, 0) is 0 Å². The Morgan fingerprint density at radius 3 is 2.41 bits per heavy atom. The van der Waals surface area contributed by atoms with Crippen molar-refractivity contribution < 1.29 is 0 Å². The summed E-state index contributed by atoms with van der Waals surface area (Å²) in [6.45, 7) is 6.35. The molecule has 1 N–H and O–H groups in total. The first-order chi connectivity index (χ1) is 13.1. The Hall–Kier alpha value is -2.24. The Balaban J connectivity index is 1.55. The third-order valence-electron chi connectivity index (χ3n) is 4.71. The van der Waals surface area contributed by atoms with E-state index >= 15 is 0 Å². The Labute approximate surface area is 169 Å². The number of anilines is 2. The van der Waals surface area contributed by atoms with E-state index < -0.39 is 0 Å². The molecule has 27 heavy (non-hydrogen) atoms. The van der Waals surface area contributed by atoms with Gasteiger partial charge in [-0.25, -0.2) is 9.97 Å². The van der Waals surface area contributed by atoms with Crippen LogP contribution in [0, 0.1) is 13.8 Å². The summed E-state index contributed by atoms with van der Waals surface area (Å²) in [5.74, 6) is 1.80. The molecule has 0 radical (unpaired) electrons. The molecular formula is C21H21ClN4S. The number of benzene rings is 1. The lowest BCUT2D eigenvalue weighted by molar-refractivity contribution is 0.607. The first kappa shape index (κ1) is 18.1. The molecule has 1 aliphatic rings. The van der Waals surface area contributed by atoms with Crippen LogP contribution in [0.2, 0.25) is 5.02 Å². The second-order valence-corrected chi connectivity index (χ2v) is 7.91. The van der Waals surface area contributed by atoms with Crippen molar-refractivity contribution in [1.29, 1.82) is 0 Å². The molecule has 0 spiro atoms. The van der Waals surface area contributed by atoms with E-state index in [2.05, 4.69) is 47.7 Å². The van der Waals surface area contributed by atoms with Gasteiger partial charge in [-0.2, -0.15) is 0 Å². The summed E-state index contributed by atoms with van der Waals surface area (Å²) in [6.07, 6.45) is 1.24. The fourth-order valence-electron chi connectivity index (χ4n) is 3.15. The summed E-state index contributed by atoms with van der Waals surface area (Å²) in [5.41, 5.74) is 4.23. The Kier molecular flexibility index (Phi) is 5.23. The van der Waals surface area contributed by atoms with E-state index in [-0.39, 0.29) is 0 Å². The summed E-state index contributed by atoms with van der Waals surface area (Å²) in [4.78, 5) is 11.8. The fourth-order valence-corrected chi connectivity index (χ4v) is 3.96. The summed E-state index contributed by atoms with van der Waals surface area (Å²) >= 11 is 7.92. The SMILES string of the molecule is Cc1cccc(C)c1-c1nc(NSc2cccc(N3CCC3)n2)ccc1Cl. The van der Waals surface area contributed by atoms with Gasteiger partial charge in [0, 0.05) is 30.6 Å². The van der Waals surface area contributed by atoms with Gasteiger partial charge >= 0.3 is 0 Å². The molecular weight excluding hydrogens is 376 g/mol. The van der Waals surface area contributed by atoms with Gasteiger partial charge in [0.05, 0.1) is 10.7 Å². The lowest BCUT2D eigenvalue weighted by atomic mass is 9.99. The van der Waals surface area contributed by atoms with Crippen LogP contribution in [0.4, 0.5) is 11.6 Å². The van der Waals surface area contributed by atoms with E-state index in [1.54, 1.807) is 0 Å². The highest BCUT2D eigenvalue weighted by Gasteiger charge is 2.16. The van der Waals surface area contributed by atoms with Crippen molar-refractivity contribution in [2.24, 2.45) is 0 Å². The number of nitrogens with zero attached hydrogens (tertiary/aromatic N) is 3. The normalized spacial score (nSPS) is 13.4. The molecule has 3 heterocycles. The van der Waals surface area contributed by atoms with Crippen molar-refractivity contribution >= 4 is 35.2 Å². The molecule has 6 heteroatoms. The molecule has 0 aliphatic carbocycles. The molecule has 0 saturated carbocycles. The topological polar surface area (TPSA) is 41.1 Å². The summed E-state index contributed by atoms with van der Waals surface area (Å²) in [5, 5.41) is 1.57. The van der Waals surface area contributed by atoms with E-state index in [0.717, 1.165) is 52.1 Å². The Bertz CT molecular complexity index is 952. The van der Waals surface area contributed by atoms with Crippen molar-refractivity contribution in [3.63, 3.8) is 0 Å². The summed E-state index contributed by atoms with van der Waals surface area (Å²) < 4.78 is 3.31. The quantitative estimate of drug-likeness (QED) is 0.556. The minimum absolute atomic E-state index is 0.654. The van der Waals surface area contributed by atoms with E-state index in [1.165, 1.54) is 18.4 Å². The average molecular weight is 397 g/mol. The van der Waals surface area contributed by atoms with Gasteiger partial charge < -0.3 is 9.62 Å². The van der Waals surface area contributed by atoms with Crippen LogP contribution < -0.4 is 9.62 Å². The monoisotopic (exact) mass is 396 g/mol. The van der Waals surface area contributed by atoms with E-state index in [9.17, 15) is 0 Å². The molecule has 2 aromatic heterocycles. The van der Waals surface area contributed by atoms with Gasteiger partial charge in [0.1, 0.15) is 16.7 Å². The molecule has 0 unspecified atom stereocenters. The molecule has 0 amide bonds. The van der Waals surface area contributed by atoms with Crippen molar-refractivity contribution in [3.8, 4) is 11.3 Å². The minimum atomic E-state index is 0.654. The smallest absolute Gasteiger partial charge is 0.136 e. The number of aromatic nitrogens is 2. The zero-order chi connectivity index (χ0) is 18.8. The van der Waals surface area contributed by atoms with Crippen molar-refractivity contribution in [3.05, 3.63) is 64.7 Å². The standard InChI is InChI=1S/C21H21ClN4S/c1-14-6-3-7-15(2)20(14)21-16(22)10-11-17(23-21)25-27-19-9-4-8-18(24-19)26-12-5-13-26/h3-4,6-11H,5,12-13H2,1-2H3,(H,23,25). The molecule has 0 atom stereocenters. The molecule has 1 aromatic carbocycles. The third-order valence-corrected chi connectivity index (χ3v) is 5.77. The van der Waals surface area contributed by atoms with Crippen molar-refractivity contribution in [1.82, 2.24) is 9.97 Å². The van der Waals surface area contributed by atoms with Crippen molar-refractivity contribution in [2.45, 2.75) is 25.3 Å². The molecule has 4 nitrogen and oxygen atoms in total. The van der Waals surface area contributed by atoms with Crippen LogP contribution in [0.15, 0.2) is 53.6 Å². The van der Waals surface area contributed by atoms with Gasteiger partial charge in [0.25, 0.3) is 0 Å². The predicted octanol–water partition coefficient (Wildman–Crippen LogP) is 5.74. The molecule has 0 bridgehead atoms. The molecule has 1 fully saturated rings. The molecule has 4 rings (SSSR count). The zero-order valence-corrected chi connectivity index (χ0v) is 16.9. The second kappa shape index (κ2) is 7.79. The third kappa shape index (κ3) is 3.89. The largest absolute Gasteiger partial charge is 0.356 e. The van der Waals surface area contributed by atoms with Gasteiger partial charge in [-0.15, -0.1) is 0 Å². The van der Waals surface area contributed by atoms with E-state index in [4.69, 9.17) is 21.6 Å². The van der Waals surface area contributed by atoms with E-state index in [0.29, 0.717) is 5.02 Å². The highest BCUT2D eigenvalue weighted by molar-refractivity contribution is 8.00. The van der Waals surface area contributed by atoms with Crippen LogP contribution in [0.3, 0.4) is 0 Å². The second-order valence-electron chi connectivity index (χ2n) is 6.67. The number of nitrogens with one attached hydrogen (secondary N) is 1. The van der Waals surface area contributed by atoms with Gasteiger partial charge in [0.2, 0.25) is 0 Å². The minimum Gasteiger partial charge on any atom is -0.356 e. The van der Waals surface area contributed by atoms with Crippen LogP contribution in [-0.4, -0.2) is 23.1 Å². The average Bonchev–Trinajstić information content (AvgIpc) is 2.61. The van der Waals surface area contributed by atoms with Gasteiger partial charge in [-0.1, -0.05) is 35.9 Å².